The Morgan fingerprint density at radius 3 is 2.38 bits per heavy atom. The Morgan fingerprint density at radius 2 is 1.88 bits per heavy atom. The number of rotatable bonds is 3. The Morgan fingerprint density at radius 1 is 1.19 bits per heavy atom. The zero-order valence-electron chi connectivity index (χ0n) is 9.47. The van der Waals surface area contributed by atoms with Gasteiger partial charge in [-0.2, -0.15) is 0 Å². The predicted molar refractivity (Wildman–Crippen MR) is 63.8 cm³/mol. The van der Waals surface area contributed by atoms with Crippen LogP contribution >= 0.6 is 0 Å². The first kappa shape index (κ1) is 10.7. The minimum absolute atomic E-state index is 0.0265. The van der Waals surface area contributed by atoms with Gasteiger partial charge in [0.15, 0.2) is 0 Å². The van der Waals surface area contributed by atoms with Crippen molar-refractivity contribution < 1.29 is 0 Å². The number of aromatic nitrogens is 2. The molecule has 0 aliphatic carbocycles. The molecule has 0 saturated heterocycles. The highest BCUT2D eigenvalue weighted by Gasteiger charge is 2.01. The summed E-state index contributed by atoms with van der Waals surface area (Å²) in [7, 11) is 3.66. The Labute approximate surface area is 94.1 Å². The largest absolute Gasteiger partial charge is 0.332 e. The maximum atomic E-state index is 11.7. The van der Waals surface area contributed by atoms with Gasteiger partial charge >= 0.3 is 5.69 Å². The second kappa shape index (κ2) is 4.37. The Hall–Kier alpha value is -1.81. The molecule has 2 aromatic rings. The maximum Gasteiger partial charge on any atom is 0.332 e. The van der Waals surface area contributed by atoms with Crippen molar-refractivity contribution in [2.45, 2.75) is 6.54 Å². The molecule has 2 rings (SSSR count). The van der Waals surface area contributed by atoms with Gasteiger partial charge in [-0.25, -0.2) is 4.79 Å². The average Bonchev–Trinajstić information content (AvgIpc) is 2.62. The fourth-order valence-corrected chi connectivity index (χ4v) is 1.64. The Kier molecular flexibility index (Phi) is 2.92. The molecule has 84 valence electrons. The van der Waals surface area contributed by atoms with Gasteiger partial charge < -0.3 is 9.88 Å². The standard InChI is InChI=1S/C12H15N3O/c1-13-9-10-3-5-11(6-4-10)15-8-7-14(2)12(15)16/h3-8,13H,9H2,1-2H3. The molecular formula is C12H15N3O. The van der Waals surface area contributed by atoms with E-state index in [2.05, 4.69) is 5.32 Å². The molecule has 0 bridgehead atoms. The lowest BCUT2D eigenvalue weighted by molar-refractivity contribution is 0.812. The summed E-state index contributed by atoms with van der Waals surface area (Å²) in [5, 5.41) is 3.09. The molecule has 1 N–H and O–H groups in total. The van der Waals surface area contributed by atoms with Crippen molar-refractivity contribution in [3.63, 3.8) is 0 Å². The van der Waals surface area contributed by atoms with Gasteiger partial charge in [-0.1, -0.05) is 12.1 Å². The Balaban J connectivity index is 2.35. The summed E-state index contributed by atoms with van der Waals surface area (Å²) >= 11 is 0. The van der Waals surface area contributed by atoms with Crippen molar-refractivity contribution >= 4 is 0 Å². The Bertz CT molecular complexity index is 522. The molecule has 0 atom stereocenters. The number of aryl methyl sites for hydroxylation is 1. The van der Waals surface area contributed by atoms with Gasteiger partial charge in [-0.05, 0) is 24.7 Å². The number of hydrogen-bond acceptors (Lipinski definition) is 2. The maximum absolute atomic E-state index is 11.7. The molecule has 1 aromatic heterocycles. The van der Waals surface area contributed by atoms with Crippen LogP contribution in [-0.4, -0.2) is 16.2 Å². The van der Waals surface area contributed by atoms with Crippen LogP contribution in [0.4, 0.5) is 0 Å². The van der Waals surface area contributed by atoms with Crippen molar-refractivity contribution in [3.8, 4) is 5.69 Å². The highest BCUT2D eigenvalue weighted by molar-refractivity contribution is 5.34. The third-order valence-corrected chi connectivity index (χ3v) is 2.54. The smallest absolute Gasteiger partial charge is 0.316 e. The second-order valence-electron chi connectivity index (χ2n) is 3.76. The third kappa shape index (κ3) is 1.92. The van der Waals surface area contributed by atoms with Crippen LogP contribution in [0.5, 0.6) is 0 Å². The summed E-state index contributed by atoms with van der Waals surface area (Å²) in [6, 6.07) is 7.94. The molecule has 4 nitrogen and oxygen atoms in total. The third-order valence-electron chi connectivity index (χ3n) is 2.54. The predicted octanol–water partition coefficient (Wildman–Crippen LogP) is 0.895. The minimum atomic E-state index is -0.0265. The number of hydrogen-bond donors (Lipinski definition) is 1. The lowest BCUT2D eigenvalue weighted by atomic mass is 10.2. The molecule has 0 radical (unpaired) electrons. The molecule has 0 aliphatic heterocycles. The molecule has 16 heavy (non-hydrogen) atoms. The number of imidazole rings is 1. The monoisotopic (exact) mass is 217 g/mol. The van der Waals surface area contributed by atoms with E-state index in [0.29, 0.717) is 0 Å². The van der Waals surface area contributed by atoms with Crippen molar-refractivity contribution in [1.29, 1.82) is 0 Å². The van der Waals surface area contributed by atoms with Gasteiger partial charge in [0, 0.05) is 26.0 Å². The topological polar surface area (TPSA) is 39.0 Å². The van der Waals surface area contributed by atoms with Crippen LogP contribution in [0.25, 0.3) is 5.69 Å². The van der Waals surface area contributed by atoms with Gasteiger partial charge in [-0.15, -0.1) is 0 Å². The minimum Gasteiger partial charge on any atom is -0.316 e. The van der Waals surface area contributed by atoms with E-state index in [0.717, 1.165) is 12.2 Å². The van der Waals surface area contributed by atoms with E-state index < -0.39 is 0 Å². The lowest BCUT2D eigenvalue weighted by Crippen LogP contribution is -2.20. The van der Waals surface area contributed by atoms with Crippen molar-refractivity contribution in [2.75, 3.05) is 7.05 Å². The first-order valence-electron chi connectivity index (χ1n) is 5.20. The van der Waals surface area contributed by atoms with Crippen LogP contribution in [0, 0.1) is 0 Å². The van der Waals surface area contributed by atoms with Gasteiger partial charge in [-0.3, -0.25) is 4.57 Å². The van der Waals surface area contributed by atoms with Gasteiger partial charge in [0.2, 0.25) is 0 Å². The highest BCUT2D eigenvalue weighted by atomic mass is 16.1. The fourth-order valence-electron chi connectivity index (χ4n) is 1.64. The zero-order valence-corrected chi connectivity index (χ0v) is 9.47. The summed E-state index contributed by atoms with van der Waals surface area (Å²) in [5.74, 6) is 0. The van der Waals surface area contributed by atoms with Crippen LogP contribution < -0.4 is 11.0 Å². The van der Waals surface area contributed by atoms with Gasteiger partial charge in [0.25, 0.3) is 0 Å². The van der Waals surface area contributed by atoms with Crippen molar-refractivity contribution in [1.82, 2.24) is 14.5 Å². The lowest BCUT2D eigenvalue weighted by Gasteiger charge is -2.03. The van der Waals surface area contributed by atoms with E-state index in [4.69, 9.17) is 0 Å². The summed E-state index contributed by atoms with van der Waals surface area (Å²) in [6.45, 7) is 0.837. The van der Waals surface area contributed by atoms with E-state index in [1.54, 1.807) is 28.6 Å². The average molecular weight is 217 g/mol. The molecule has 0 aliphatic rings. The van der Waals surface area contributed by atoms with Gasteiger partial charge in [0.1, 0.15) is 0 Å². The molecule has 0 amide bonds. The van der Waals surface area contributed by atoms with Crippen LogP contribution in [0.15, 0.2) is 41.5 Å². The molecular weight excluding hydrogens is 202 g/mol. The molecule has 0 saturated carbocycles. The van der Waals surface area contributed by atoms with E-state index >= 15 is 0 Å². The number of benzene rings is 1. The van der Waals surface area contributed by atoms with Crippen molar-refractivity contribution in [2.24, 2.45) is 7.05 Å². The van der Waals surface area contributed by atoms with Crippen LogP contribution in [-0.2, 0) is 13.6 Å². The molecule has 1 heterocycles. The molecule has 0 spiro atoms. The van der Waals surface area contributed by atoms with Crippen molar-refractivity contribution in [3.05, 3.63) is 52.7 Å². The van der Waals surface area contributed by atoms with Crippen LogP contribution in [0.3, 0.4) is 0 Å². The second-order valence-corrected chi connectivity index (χ2v) is 3.76. The zero-order chi connectivity index (χ0) is 11.5. The normalized spacial score (nSPS) is 10.6. The molecule has 4 heteroatoms. The molecule has 0 unspecified atom stereocenters. The summed E-state index contributed by atoms with van der Waals surface area (Å²) in [6.07, 6.45) is 3.53. The van der Waals surface area contributed by atoms with Crippen LogP contribution in [0.2, 0.25) is 0 Å². The summed E-state index contributed by atoms with van der Waals surface area (Å²) in [4.78, 5) is 11.7. The summed E-state index contributed by atoms with van der Waals surface area (Å²) < 4.78 is 3.19. The SMILES string of the molecule is CNCc1ccc(-n2ccn(C)c2=O)cc1. The van der Waals surface area contributed by atoms with E-state index in [1.165, 1.54) is 5.56 Å². The number of nitrogens with one attached hydrogen (secondary N) is 1. The van der Waals surface area contributed by atoms with Crippen LogP contribution in [0.1, 0.15) is 5.56 Å². The van der Waals surface area contributed by atoms with Gasteiger partial charge in [0.05, 0.1) is 5.69 Å². The first-order valence-corrected chi connectivity index (χ1v) is 5.20. The molecule has 0 fully saturated rings. The van der Waals surface area contributed by atoms with E-state index in [-0.39, 0.29) is 5.69 Å². The first-order chi connectivity index (χ1) is 7.72. The highest BCUT2D eigenvalue weighted by Crippen LogP contribution is 2.07. The quantitative estimate of drug-likeness (QED) is 0.829. The summed E-state index contributed by atoms with van der Waals surface area (Å²) in [5.41, 5.74) is 2.07. The van der Waals surface area contributed by atoms with E-state index in [9.17, 15) is 4.79 Å². The number of nitrogens with zero attached hydrogens (tertiary/aromatic N) is 2. The van der Waals surface area contributed by atoms with E-state index in [1.807, 2.05) is 31.3 Å². The fraction of sp³-hybridized carbons (Fsp3) is 0.250. The molecule has 1 aromatic carbocycles.